The number of halogens is 4. The standard InChI is InChI=1S/C20H20F4N4O5/c1-11-8-31-15-6-12(16-25-17(33-26-16)20(22,23)24)5-14(21)13(15)7-28(11)18(30)19(2)3-4-27(9-19)32-10-29/h5-6,10-11H,3-4,7-9H2,1-2H3/t11-,19?/m0/s1. The number of nitrogens with zero attached hydrogens (tertiary/aromatic N) is 4. The monoisotopic (exact) mass is 472 g/mol. The van der Waals surface area contributed by atoms with E-state index in [1.807, 2.05) is 0 Å². The van der Waals surface area contributed by atoms with Crippen molar-refractivity contribution in [1.29, 1.82) is 0 Å². The van der Waals surface area contributed by atoms with Gasteiger partial charge in [-0.2, -0.15) is 18.2 Å². The minimum absolute atomic E-state index is 0.0340. The summed E-state index contributed by atoms with van der Waals surface area (Å²) < 4.78 is 63.2. The Balaban J connectivity index is 1.61. The number of hydroxylamine groups is 2. The molecule has 9 nitrogen and oxygen atoms in total. The molecule has 3 heterocycles. The van der Waals surface area contributed by atoms with Gasteiger partial charge in [0.05, 0.1) is 18.0 Å². The Morgan fingerprint density at radius 3 is 2.79 bits per heavy atom. The predicted molar refractivity (Wildman–Crippen MR) is 102 cm³/mol. The van der Waals surface area contributed by atoms with Crippen molar-refractivity contribution in [3.05, 3.63) is 29.4 Å². The SMILES string of the molecule is C[C@H]1COc2cc(-c3noc(C(F)(F)F)n3)cc(F)c2CN1C(=O)C1(C)CCN(OC=O)C1. The molecule has 0 N–H and O–H groups in total. The molecular weight excluding hydrogens is 452 g/mol. The van der Waals surface area contributed by atoms with Crippen LogP contribution >= 0.6 is 0 Å². The van der Waals surface area contributed by atoms with E-state index < -0.39 is 35.2 Å². The first-order valence-electron chi connectivity index (χ1n) is 10.0. The van der Waals surface area contributed by atoms with Crippen LogP contribution in [-0.2, 0) is 27.1 Å². The van der Waals surface area contributed by atoms with Gasteiger partial charge in [-0.05, 0) is 32.4 Å². The van der Waals surface area contributed by atoms with Gasteiger partial charge in [0.2, 0.25) is 11.7 Å². The van der Waals surface area contributed by atoms with Gasteiger partial charge in [0.1, 0.15) is 18.2 Å². The Hall–Kier alpha value is -3.22. The number of hydrogen-bond acceptors (Lipinski definition) is 8. The fraction of sp³-hybridized carbons (Fsp3) is 0.500. The van der Waals surface area contributed by atoms with Crippen LogP contribution in [0.2, 0.25) is 0 Å². The number of amides is 1. The minimum atomic E-state index is -4.83. The van der Waals surface area contributed by atoms with E-state index in [1.54, 1.807) is 13.8 Å². The zero-order chi connectivity index (χ0) is 24.0. The lowest BCUT2D eigenvalue weighted by atomic mass is 9.87. The zero-order valence-corrected chi connectivity index (χ0v) is 17.7. The van der Waals surface area contributed by atoms with E-state index in [9.17, 15) is 22.8 Å². The summed E-state index contributed by atoms with van der Waals surface area (Å²) in [6, 6.07) is 1.87. The third-order valence-electron chi connectivity index (χ3n) is 5.83. The second-order valence-corrected chi connectivity index (χ2v) is 8.32. The highest BCUT2D eigenvalue weighted by Gasteiger charge is 2.45. The van der Waals surface area contributed by atoms with Crippen LogP contribution in [0.1, 0.15) is 31.7 Å². The molecule has 13 heteroatoms. The predicted octanol–water partition coefficient (Wildman–Crippen LogP) is 2.80. The molecular formula is C20H20F4N4O5. The Bertz CT molecular complexity index is 1080. The smallest absolute Gasteiger partial charge is 0.471 e. The van der Waals surface area contributed by atoms with Gasteiger partial charge in [0, 0.05) is 24.2 Å². The van der Waals surface area contributed by atoms with Crippen LogP contribution in [0.15, 0.2) is 16.7 Å². The van der Waals surface area contributed by atoms with E-state index in [-0.39, 0.29) is 42.5 Å². The molecule has 0 radical (unpaired) electrons. The van der Waals surface area contributed by atoms with Crippen molar-refractivity contribution in [2.45, 2.75) is 39.0 Å². The average molecular weight is 472 g/mol. The lowest BCUT2D eigenvalue weighted by molar-refractivity contribution is -0.172. The maximum atomic E-state index is 15.0. The van der Waals surface area contributed by atoms with Gasteiger partial charge < -0.3 is 19.0 Å². The summed E-state index contributed by atoms with van der Waals surface area (Å²) in [6.45, 7) is 4.30. The number of carbonyl (C=O) groups excluding carboxylic acids is 2. The Kier molecular flexibility index (Phi) is 5.76. The number of aromatic nitrogens is 2. The Morgan fingerprint density at radius 2 is 2.12 bits per heavy atom. The molecule has 2 aromatic rings. The molecule has 2 atom stereocenters. The van der Waals surface area contributed by atoms with E-state index >= 15 is 4.39 Å². The Morgan fingerprint density at radius 1 is 1.36 bits per heavy atom. The van der Waals surface area contributed by atoms with Crippen LogP contribution in [0.4, 0.5) is 17.6 Å². The largest absolute Gasteiger partial charge is 0.491 e. The highest BCUT2D eigenvalue weighted by molar-refractivity contribution is 5.83. The van der Waals surface area contributed by atoms with E-state index in [4.69, 9.17) is 9.57 Å². The van der Waals surface area contributed by atoms with Gasteiger partial charge in [0.15, 0.2) is 0 Å². The van der Waals surface area contributed by atoms with Crippen molar-refractivity contribution in [1.82, 2.24) is 20.1 Å². The van der Waals surface area contributed by atoms with Gasteiger partial charge >= 0.3 is 18.5 Å². The fourth-order valence-electron chi connectivity index (χ4n) is 3.97. The molecule has 1 amide bonds. The molecule has 0 aliphatic carbocycles. The highest BCUT2D eigenvalue weighted by atomic mass is 19.4. The van der Waals surface area contributed by atoms with Crippen LogP contribution in [0.3, 0.4) is 0 Å². The second kappa shape index (κ2) is 8.28. The summed E-state index contributed by atoms with van der Waals surface area (Å²) in [5, 5.41) is 4.67. The Labute approximate surface area is 185 Å². The number of carbonyl (C=O) groups is 2. The molecule has 0 spiro atoms. The molecule has 2 aliphatic rings. The van der Waals surface area contributed by atoms with Gasteiger partial charge in [-0.3, -0.25) is 9.59 Å². The number of hydrogen-bond donors (Lipinski definition) is 0. The molecule has 2 aliphatic heterocycles. The molecule has 1 fully saturated rings. The topological polar surface area (TPSA) is 98.0 Å². The molecule has 0 saturated carbocycles. The normalized spacial score (nSPS) is 23.6. The number of benzene rings is 1. The fourth-order valence-corrected chi connectivity index (χ4v) is 3.97. The number of ether oxygens (including phenoxy) is 1. The molecule has 4 rings (SSSR count). The quantitative estimate of drug-likeness (QED) is 0.495. The zero-order valence-electron chi connectivity index (χ0n) is 17.7. The van der Waals surface area contributed by atoms with Gasteiger partial charge in [-0.15, -0.1) is 5.06 Å². The first kappa shape index (κ1) is 23.0. The van der Waals surface area contributed by atoms with Gasteiger partial charge in [0.25, 0.3) is 0 Å². The van der Waals surface area contributed by atoms with Gasteiger partial charge in [-0.25, -0.2) is 4.39 Å². The van der Waals surface area contributed by atoms with Crippen molar-refractivity contribution in [3.8, 4) is 17.1 Å². The molecule has 1 aromatic heterocycles. The molecule has 1 unspecified atom stereocenters. The molecule has 178 valence electrons. The van der Waals surface area contributed by atoms with Crippen molar-refractivity contribution >= 4 is 12.4 Å². The van der Waals surface area contributed by atoms with Crippen LogP contribution in [0.25, 0.3) is 11.4 Å². The molecule has 1 saturated heterocycles. The van der Waals surface area contributed by atoms with Crippen LogP contribution in [-0.4, -0.2) is 58.2 Å². The average Bonchev–Trinajstić information content (AvgIpc) is 3.35. The van der Waals surface area contributed by atoms with Crippen molar-refractivity contribution in [2.75, 3.05) is 19.7 Å². The third kappa shape index (κ3) is 4.36. The first-order valence-corrected chi connectivity index (χ1v) is 10.0. The third-order valence-corrected chi connectivity index (χ3v) is 5.83. The van der Waals surface area contributed by atoms with Crippen LogP contribution in [0.5, 0.6) is 5.75 Å². The van der Waals surface area contributed by atoms with E-state index in [1.165, 1.54) is 16.0 Å². The summed E-state index contributed by atoms with van der Waals surface area (Å²) >= 11 is 0. The molecule has 0 bridgehead atoms. The van der Waals surface area contributed by atoms with Crippen molar-refractivity contribution < 1.29 is 41.2 Å². The first-order chi connectivity index (χ1) is 15.5. The second-order valence-electron chi connectivity index (χ2n) is 8.32. The summed E-state index contributed by atoms with van der Waals surface area (Å²) in [5.41, 5.74) is -0.822. The van der Waals surface area contributed by atoms with E-state index in [0.717, 1.165) is 6.07 Å². The lowest BCUT2D eigenvalue weighted by Gasteiger charge is -2.34. The van der Waals surface area contributed by atoms with E-state index in [2.05, 4.69) is 14.7 Å². The maximum Gasteiger partial charge on any atom is 0.471 e. The highest BCUT2D eigenvalue weighted by Crippen LogP contribution is 2.37. The maximum absolute atomic E-state index is 15.0. The summed E-state index contributed by atoms with van der Waals surface area (Å²) in [7, 11) is 0. The number of alkyl halides is 3. The number of fused-ring (bicyclic) bond motifs is 1. The van der Waals surface area contributed by atoms with Gasteiger partial charge in [-0.1, -0.05) is 5.16 Å². The van der Waals surface area contributed by atoms with Crippen molar-refractivity contribution in [3.63, 3.8) is 0 Å². The lowest BCUT2D eigenvalue weighted by Crippen LogP contribution is -2.48. The minimum Gasteiger partial charge on any atom is -0.491 e. The summed E-state index contributed by atoms with van der Waals surface area (Å²) in [4.78, 5) is 33.6. The van der Waals surface area contributed by atoms with Crippen molar-refractivity contribution in [2.24, 2.45) is 5.41 Å². The molecule has 1 aromatic carbocycles. The van der Waals surface area contributed by atoms with Crippen LogP contribution < -0.4 is 4.74 Å². The van der Waals surface area contributed by atoms with E-state index in [0.29, 0.717) is 19.4 Å². The summed E-state index contributed by atoms with van der Waals surface area (Å²) in [5.74, 6) is -2.94. The molecule has 33 heavy (non-hydrogen) atoms. The van der Waals surface area contributed by atoms with Crippen LogP contribution in [0, 0.1) is 11.2 Å². The number of rotatable bonds is 4. The summed E-state index contributed by atoms with van der Waals surface area (Å²) in [6.07, 6.45) is -4.39.